The largest absolute Gasteiger partial charge is 0.393 e. The van der Waals surface area contributed by atoms with Crippen LogP contribution in [0.3, 0.4) is 0 Å². The standard InChI is InChI=1S/C15H19N5O5/c21-9-12(22)11-6-10-7-18(3-1-4-20(10)17-11)14(24)8-19-5-2-13(23)16-15(19)25/h2,5-6,12,21-22H,1,3-4,7-9H2,(H,16,23,25)/t12-/m0/s1. The lowest BCUT2D eigenvalue weighted by atomic mass is 10.2. The zero-order valence-electron chi connectivity index (χ0n) is 13.5. The van der Waals surface area contributed by atoms with Crippen molar-refractivity contribution >= 4 is 5.91 Å². The van der Waals surface area contributed by atoms with Crippen molar-refractivity contribution in [2.24, 2.45) is 0 Å². The van der Waals surface area contributed by atoms with E-state index < -0.39 is 24.0 Å². The van der Waals surface area contributed by atoms with Crippen LogP contribution in [0.1, 0.15) is 23.9 Å². The fourth-order valence-corrected chi connectivity index (χ4v) is 2.77. The van der Waals surface area contributed by atoms with Gasteiger partial charge in [-0.2, -0.15) is 5.10 Å². The number of fused-ring (bicyclic) bond motifs is 1. The minimum absolute atomic E-state index is 0.171. The van der Waals surface area contributed by atoms with Gasteiger partial charge in [0.2, 0.25) is 5.91 Å². The Kier molecular flexibility index (Phi) is 4.81. The van der Waals surface area contributed by atoms with E-state index in [1.165, 1.54) is 12.3 Å². The molecule has 10 heteroatoms. The minimum atomic E-state index is -1.05. The van der Waals surface area contributed by atoms with Crippen molar-refractivity contribution in [3.05, 3.63) is 50.6 Å². The Morgan fingerprint density at radius 3 is 2.88 bits per heavy atom. The van der Waals surface area contributed by atoms with Crippen LogP contribution in [0.4, 0.5) is 0 Å². The SMILES string of the molecule is O=C(Cn1ccc(=O)[nH]c1=O)N1CCCn2nc([C@@H](O)CO)cc2C1. The topological polar surface area (TPSA) is 133 Å². The molecule has 10 nitrogen and oxygen atoms in total. The molecule has 1 atom stereocenters. The molecular weight excluding hydrogens is 330 g/mol. The lowest BCUT2D eigenvalue weighted by molar-refractivity contribution is -0.132. The van der Waals surface area contributed by atoms with E-state index in [4.69, 9.17) is 5.11 Å². The van der Waals surface area contributed by atoms with E-state index in [2.05, 4.69) is 10.1 Å². The maximum Gasteiger partial charge on any atom is 0.328 e. The summed E-state index contributed by atoms with van der Waals surface area (Å²) >= 11 is 0. The van der Waals surface area contributed by atoms with E-state index in [-0.39, 0.29) is 12.5 Å². The summed E-state index contributed by atoms with van der Waals surface area (Å²) in [6.07, 6.45) is 0.912. The number of H-pyrrole nitrogens is 1. The summed E-state index contributed by atoms with van der Waals surface area (Å²) < 4.78 is 2.86. The molecule has 3 rings (SSSR count). The van der Waals surface area contributed by atoms with Crippen molar-refractivity contribution in [3.8, 4) is 0 Å². The Labute approximate surface area is 141 Å². The summed E-state index contributed by atoms with van der Waals surface area (Å²) in [4.78, 5) is 39.0. The zero-order valence-corrected chi connectivity index (χ0v) is 13.5. The van der Waals surface area contributed by atoms with Crippen molar-refractivity contribution in [2.75, 3.05) is 13.2 Å². The molecule has 0 aliphatic carbocycles. The third-order valence-electron chi connectivity index (χ3n) is 4.10. The molecule has 0 unspecified atom stereocenters. The predicted octanol–water partition coefficient (Wildman–Crippen LogP) is -1.81. The second-order valence-corrected chi connectivity index (χ2v) is 5.89. The summed E-state index contributed by atoms with van der Waals surface area (Å²) in [5.74, 6) is -0.256. The monoisotopic (exact) mass is 349 g/mol. The van der Waals surface area contributed by atoms with Crippen LogP contribution < -0.4 is 11.2 Å². The maximum absolute atomic E-state index is 12.5. The number of amides is 1. The molecule has 134 valence electrons. The van der Waals surface area contributed by atoms with Crippen LogP contribution in [0, 0.1) is 0 Å². The number of aliphatic hydroxyl groups excluding tert-OH is 2. The molecule has 0 bridgehead atoms. The summed E-state index contributed by atoms with van der Waals surface area (Å²) in [5.41, 5.74) is -0.0257. The van der Waals surface area contributed by atoms with E-state index in [0.29, 0.717) is 31.7 Å². The summed E-state index contributed by atoms with van der Waals surface area (Å²) in [6, 6.07) is 2.85. The normalized spacial score (nSPS) is 15.5. The third-order valence-corrected chi connectivity index (χ3v) is 4.10. The first-order valence-electron chi connectivity index (χ1n) is 7.91. The Morgan fingerprint density at radius 2 is 2.16 bits per heavy atom. The fourth-order valence-electron chi connectivity index (χ4n) is 2.77. The highest BCUT2D eigenvalue weighted by molar-refractivity contribution is 5.76. The number of hydrogen-bond acceptors (Lipinski definition) is 6. The summed E-state index contributed by atoms with van der Waals surface area (Å²) in [5, 5.41) is 23.0. The first-order valence-corrected chi connectivity index (χ1v) is 7.91. The van der Waals surface area contributed by atoms with E-state index >= 15 is 0 Å². The average molecular weight is 349 g/mol. The van der Waals surface area contributed by atoms with Gasteiger partial charge in [-0.05, 0) is 12.5 Å². The van der Waals surface area contributed by atoms with Gasteiger partial charge in [-0.25, -0.2) is 4.79 Å². The van der Waals surface area contributed by atoms with Gasteiger partial charge in [-0.1, -0.05) is 0 Å². The van der Waals surface area contributed by atoms with E-state index in [1.807, 2.05) is 0 Å². The van der Waals surface area contributed by atoms with E-state index in [1.54, 1.807) is 15.6 Å². The van der Waals surface area contributed by atoms with Crippen LogP contribution in [0.2, 0.25) is 0 Å². The number of carbonyl (C=O) groups excluding carboxylic acids is 1. The van der Waals surface area contributed by atoms with Gasteiger partial charge in [0.15, 0.2) is 0 Å². The number of aliphatic hydroxyl groups is 2. The van der Waals surface area contributed by atoms with Crippen LogP contribution >= 0.6 is 0 Å². The predicted molar refractivity (Wildman–Crippen MR) is 85.6 cm³/mol. The molecule has 3 heterocycles. The molecule has 0 spiro atoms. The van der Waals surface area contributed by atoms with Crippen LogP contribution in [-0.4, -0.2) is 53.5 Å². The second kappa shape index (κ2) is 7.03. The second-order valence-electron chi connectivity index (χ2n) is 5.89. The molecule has 1 aliphatic heterocycles. The third kappa shape index (κ3) is 3.69. The Morgan fingerprint density at radius 1 is 1.36 bits per heavy atom. The highest BCUT2D eigenvalue weighted by atomic mass is 16.3. The van der Waals surface area contributed by atoms with Gasteiger partial charge in [-0.15, -0.1) is 0 Å². The van der Waals surface area contributed by atoms with Gasteiger partial charge in [0.1, 0.15) is 12.6 Å². The molecule has 0 saturated carbocycles. The molecule has 0 radical (unpaired) electrons. The van der Waals surface area contributed by atoms with Crippen molar-refractivity contribution in [1.29, 1.82) is 0 Å². The molecule has 25 heavy (non-hydrogen) atoms. The quantitative estimate of drug-likeness (QED) is 0.596. The molecule has 3 N–H and O–H groups in total. The maximum atomic E-state index is 12.5. The number of nitrogens with zero attached hydrogens (tertiary/aromatic N) is 4. The van der Waals surface area contributed by atoms with Gasteiger partial charge in [0.05, 0.1) is 24.5 Å². The summed E-state index contributed by atoms with van der Waals surface area (Å²) in [7, 11) is 0. The number of hydrogen-bond donors (Lipinski definition) is 3. The molecule has 0 fully saturated rings. The van der Waals surface area contributed by atoms with Crippen LogP contribution in [0.25, 0.3) is 0 Å². The first-order chi connectivity index (χ1) is 12.0. The van der Waals surface area contributed by atoms with Gasteiger partial charge in [0.25, 0.3) is 5.56 Å². The molecule has 2 aromatic rings. The lowest BCUT2D eigenvalue weighted by Gasteiger charge is -2.20. The number of nitrogens with one attached hydrogen (secondary N) is 1. The van der Waals surface area contributed by atoms with E-state index in [0.717, 1.165) is 10.3 Å². The Bertz CT molecular complexity index is 883. The smallest absolute Gasteiger partial charge is 0.328 e. The Balaban J connectivity index is 1.76. The highest BCUT2D eigenvalue weighted by Crippen LogP contribution is 2.18. The van der Waals surface area contributed by atoms with Gasteiger partial charge < -0.3 is 15.1 Å². The van der Waals surface area contributed by atoms with Crippen LogP contribution in [0.5, 0.6) is 0 Å². The molecule has 1 aliphatic rings. The van der Waals surface area contributed by atoms with E-state index in [9.17, 15) is 19.5 Å². The van der Waals surface area contributed by atoms with Gasteiger partial charge in [-0.3, -0.25) is 23.8 Å². The molecule has 1 amide bonds. The number of carbonyl (C=O) groups is 1. The van der Waals surface area contributed by atoms with Crippen molar-refractivity contribution in [2.45, 2.75) is 32.2 Å². The van der Waals surface area contributed by atoms with Crippen molar-refractivity contribution in [1.82, 2.24) is 24.2 Å². The summed E-state index contributed by atoms with van der Waals surface area (Å²) in [6.45, 7) is 0.806. The van der Waals surface area contributed by atoms with Crippen molar-refractivity contribution < 1.29 is 15.0 Å². The molecular formula is C15H19N5O5. The number of aromatic amines is 1. The minimum Gasteiger partial charge on any atom is -0.393 e. The molecule has 0 aromatic carbocycles. The molecule has 2 aromatic heterocycles. The van der Waals surface area contributed by atoms with Crippen LogP contribution in [-0.2, 0) is 24.4 Å². The molecule has 0 saturated heterocycles. The zero-order chi connectivity index (χ0) is 18.0. The Hall–Kier alpha value is -2.72. The van der Waals surface area contributed by atoms with Crippen LogP contribution in [0.15, 0.2) is 27.9 Å². The van der Waals surface area contributed by atoms with Crippen molar-refractivity contribution in [3.63, 3.8) is 0 Å². The highest BCUT2D eigenvalue weighted by Gasteiger charge is 2.22. The average Bonchev–Trinajstić information content (AvgIpc) is 2.88. The first kappa shape index (κ1) is 17.1. The van der Waals surface area contributed by atoms with Gasteiger partial charge >= 0.3 is 5.69 Å². The number of rotatable bonds is 4. The lowest BCUT2D eigenvalue weighted by Crippen LogP contribution is -2.38. The number of aromatic nitrogens is 4. The number of aryl methyl sites for hydroxylation is 1. The fraction of sp³-hybridized carbons (Fsp3) is 0.467. The van der Waals surface area contributed by atoms with Gasteiger partial charge in [0, 0.05) is 25.4 Å².